The number of pyridine rings is 1. The molecule has 4 rings (SSSR count). The van der Waals surface area contributed by atoms with Crippen molar-refractivity contribution in [3.63, 3.8) is 0 Å². The van der Waals surface area contributed by atoms with Crippen LogP contribution in [0.15, 0.2) is 54.0 Å². The number of aromatic nitrogens is 1. The Balaban J connectivity index is 1.92. The van der Waals surface area contributed by atoms with Crippen molar-refractivity contribution in [2.75, 3.05) is 4.90 Å². The molecule has 1 amide bonds. The van der Waals surface area contributed by atoms with Gasteiger partial charge >= 0.3 is 0 Å². The summed E-state index contributed by atoms with van der Waals surface area (Å²) in [5, 5.41) is 0. The summed E-state index contributed by atoms with van der Waals surface area (Å²) in [5.41, 5.74) is 1.46. The average Bonchev–Trinajstić information content (AvgIpc) is 2.62. The van der Waals surface area contributed by atoms with Crippen molar-refractivity contribution in [1.82, 2.24) is 4.98 Å². The van der Waals surface area contributed by atoms with Crippen LogP contribution in [0.4, 0.5) is 14.5 Å². The molecule has 2 heterocycles. The third-order valence-electron chi connectivity index (χ3n) is 5.38. The van der Waals surface area contributed by atoms with Crippen LogP contribution in [0.3, 0.4) is 0 Å². The molecule has 0 radical (unpaired) electrons. The first-order chi connectivity index (χ1) is 13.3. The SMILES string of the molecule is CC1(C)CC(=O)C2=C(C1)N(c1ccc(F)cc1F)C(=O)CC2c1cccnc1. The van der Waals surface area contributed by atoms with Gasteiger partial charge in [0.15, 0.2) is 5.78 Å². The Bertz CT molecular complexity index is 999. The van der Waals surface area contributed by atoms with E-state index in [0.29, 0.717) is 24.1 Å². The molecule has 4 nitrogen and oxygen atoms in total. The number of hydrogen-bond donors (Lipinski definition) is 0. The monoisotopic (exact) mass is 382 g/mol. The molecule has 1 aromatic heterocycles. The van der Waals surface area contributed by atoms with Crippen molar-refractivity contribution in [1.29, 1.82) is 0 Å². The number of rotatable bonds is 2. The fourth-order valence-electron chi connectivity index (χ4n) is 4.22. The van der Waals surface area contributed by atoms with Crippen LogP contribution in [-0.4, -0.2) is 16.7 Å². The number of ketones is 1. The van der Waals surface area contributed by atoms with Gasteiger partial charge < -0.3 is 0 Å². The van der Waals surface area contributed by atoms with Gasteiger partial charge in [-0.15, -0.1) is 0 Å². The molecule has 1 aliphatic heterocycles. The normalized spacial score (nSPS) is 21.7. The molecular formula is C22H20F2N2O2. The van der Waals surface area contributed by atoms with Crippen LogP contribution < -0.4 is 4.90 Å². The molecule has 1 aromatic carbocycles. The van der Waals surface area contributed by atoms with E-state index in [1.165, 1.54) is 11.0 Å². The Hall–Kier alpha value is -2.89. The van der Waals surface area contributed by atoms with Crippen LogP contribution in [0.5, 0.6) is 0 Å². The third-order valence-corrected chi connectivity index (χ3v) is 5.38. The van der Waals surface area contributed by atoms with Crippen LogP contribution in [0.25, 0.3) is 0 Å². The van der Waals surface area contributed by atoms with Crippen LogP contribution in [0.2, 0.25) is 0 Å². The van der Waals surface area contributed by atoms with Crippen molar-refractivity contribution in [3.8, 4) is 0 Å². The maximum atomic E-state index is 14.5. The van der Waals surface area contributed by atoms with E-state index in [1.807, 2.05) is 19.9 Å². The molecule has 28 heavy (non-hydrogen) atoms. The van der Waals surface area contributed by atoms with E-state index in [2.05, 4.69) is 4.98 Å². The highest BCUT2D eigenvalue weighted by molar-refractivity contribution is 6.07. The molecule has 2 aromatic rings. The zero-order valence-corrected chi connectivity index (χ0v) is 15.7. The van der Waals surface area contributed by atoms with Crippen molar-refractivity contribution < 1.29 is 18.4 Å². The number of hydrogen-bond acceptors (Lipinski definition) is 3. The first kappa shape index (κ1) is 18.5. The maximum absolute atomic E-state index is 14.5. The number of carbonyl (C=O) groups excluding carboxylic acids is 2. The average molecular weight is 382 g/mol. The quantitative estimate of drug-likeness (QED) is 0.767. The van der Waals surface area contributed by atoms with E-state index in [1.54, 1.807) is 18.5 Å². The Morgan fingerprint density at radius 1 is 1.14 bits per heavy atom. The van der Waals surface area contributed by atoms with E-state index in [-0.39, 0.29) is 29.2 Å². The Labute approximate surface area is 161 Å². The minimum atomic E-state index is -0.823. The van der Waals surface area contributed by atoms with Gasteiger partial charge in [-0.25, -0.2) is 8.78 Å². The lowest BCUT2D eigenvalue weighted by Gasteiger charge is -2.42. The molecular weight excluding hydrogens is 362 g/mol. The maximum Gasteiger partial charge on any atom is 0.232 e. The molecule has 6 heteroatoms. The van der Waals surface area contributed by atoms with Crippen molar-refractivity contribution >= 4 is 17.4 Å². The van der Waals surface area contributed by atoms with E-state index in [0.717, 1.165) is 17.7 Å². The predicted octanol–water partition coefficient (Wildman–Crippen LogP) is 4.52. The van der Waals surface area contributed by atoms with Crippen LogP contribution in [-0.2, 0) is 9.59 Å². The van der Waals surface area contributed by atoms with E-state index < -0.39 is 17.6 Å². The summed E-state index contributed by atoms with van der Waals surface area (Å²) < 4.78 is 27.9. The molecule has 1 unspecified atom stereocenters. The van der Waals surface area contributed by atoms with Gasteiger partial charge in [-0.1, -0.05) is 19.9 Å². The summed E-state index contributed by atoms with van der Waals surface area (Å²) in [6.45, 7) is 3.90. The van der Waals surface area contributed by atoms with Crippen LogP contribution in [0, 0.1) is 17.0 Å². The number of benzene rings is 1. The summed E-state index contributed by atoms with van der Waals surface area (Å²) in [4.78, 5) is 31.6. The standard InChI is InChI=1S/C22H20F2N2O2/c1-22(2)10-18-21(19(27)11-22)15(13-4-3-7-25-12-13)9-20(28)26(18)17-6-5-14(23)8-16(17)24/h3-8,12,15H,9-11H2,1-2H3. The Kier molecular flexibility index (Phi) is 4.37. The zero-order chi connectivity index (χ0) is 20.1. The lowest BCUT2D eigenvalue weighted by Crippen LogP contribution is -2.44. The first-order valence-electron chi connectivity index (χ1n) is 9.21. The highest BCUT2D eigenvalue weighted by Crippen LogP contribution is 2.48. The first-order valence-corrected chi connectivity index (χ1v) is 9.21. The molecule has 144 valence electrons. The van der Waals surface area contributed by atoms with Gasteiger partial charge in [0.2, 0.25) is 5.91 Å². The fraction of sp³-hybridized carbons (Fsp3) is 0.318. The second kappa shape index (κ2) is 6.62. The summed E-state index contributed by atoms with van der Waals surface area (Å²) in [5.74, 6) is -2.30. The molecule has 1 atom stereocenters. The predicted molar refractivity (Wildman–Crippen MR) is 100 cm³/mol. The third kappa shape index (κ3) is 3.13. The molecule has 0 N–H and O–H groups in total. The summed E-state index contributed by atoms with van der Waals surface area (Å²) in [6, 6.07) is 6.74. The van der Waals surface area contributed by atoms with Gasteiger partial charge in [-0.3, -0.25) is 19.5 Å². The number of amides is 1. The topological polar surface area (TPSA) is 50.3 Å². The molecule has 0 fully saturated rings. The van der Waals surface area contributed by atoms with Gasteiger partial charge in [0.05, 0.1) is 5.69 Å². The highest BCUT2D eigenvalue weighted by Gasteiger charge is 2.44. The Morgan fingerprint density at radius 3 is 2.61 bits per heavy atom. The number of anilines is 1. The van der Waals surface area contributed by atoms with Gasteiger partial charge in [0, 0.05) is 48.5 Å². The molecule has 1 aliphatic carbocycles. The molecule has 0 bridgehead atoms. The number of allylic oxidation sites excluding steroid dienone is 2. The van der Waals surface area contributed by atoms with Crippen molar-refractivity contribution in [3.05, 3.63) is 71.2 Å². The minimum Gasteiger partial charge on any atom is -0.294 e. The van der Waals surface area contributed by atoms with Crippen molar-refractivity contribution in [2.45, 2.75) is 39.0 Å². The van der Waals surface area contributed by atoms with Gasteiger partial charge in [-0.2, -0.15) is 0 Å². The van der Waals surface area contributed by atoms with E-state index >= 15 is 0 Å². The lowest BCUT2D eigenvalue weighted by molar-refractivity contribution is -0.121. The number of Topliss-reactive ketones (excluding diaryl/α,β-unsaturated/α-hetero) is 1. The second-order valence-corrected chi connectivity index (χ2v) is 8.17. The number of carbonyl (C=O) groups is 2. The molecule has 0 saturated heterocycles. The molecule has 0 saturated carbocycles. The van der Waals surface area contributed by atoms with Crippen molar-refractivity contribution in [2.24, 2.45) is 5.41 Å². The fourth-order valence-corrected chi connectivity index (χ4v) is 4.22. The molecule has 2 aliphatic rings. The van der Waals surface area contributed by atoms with E-state index in [4.69, 9.17) is 0 Å². The summed E-state index contributed by atoms with van der Waals surface area (Å²) >= 11 is 0. The van der Waals surface area contributed by atoms with Crippen LogP contribution >= 0.6 is 0 Å². The van der Waals surface area contributed by atoms with Gasteiger partial charge in [0.1, 0.15) is 11.6 Å². The Morgan fingerprint density at radius 2 is 1.93 bits per heavy atom. The largest absolute Gasteiger partial charge is 0.294 e. The summed E-state index contributed by atoms with van der Waals surface area (Å²) in [6.07, 6.45) is 4.14. The second-order valence-electron chi connectivity index (χ2n) is 8.17. The van der Waals surface area contributed by atoms with E-state index in [9.17, 15) is 18.4 Å². The van der Waals surface area contributed by atoms with Gasteiger partial charge in [-0.05, 0) is 35.6 Å². The molecule has 0 spiro atoms. The number of halogens is 2. The lowest BCUT2D eigenvalue weighted by atomic mass is 9.69. The summed E-state index contributed by atoms with van der Waals surface area (Å²) in [7, 11) is 0. The minimum absolute atomic E-state index is 0.0194. The van der Waals surface area contributed by atoms with Crippen LogP contribution in [0.1, 0.15) is 44.6 Å². The number of nitrogens with zero attached hydrogens (tertiary/aromatic N) is 2. The zero-order valence-electron chi connectivity index (χ0n) is 15.7. The smallest absolute Gasteiger partial charge is 0.232 e. The highest BCUT2D eigenvalue weighted by atomic mass is 19.1. The van der Waals surface area contributed by atoms with Gasteiger partial charge in [0.25, 0.3) is 0 Å².